The van der Waals surface area contributed by atoms with Gasteiger partial charge in [0.1, 0.15) is 0 Å². The highest BCUT2D eigenvalue weighted by Crippen LogP contribution is 2.17. The summed E-state index contributed by atoms with van der Waals surface area (Å²) in [5.41, 5.74) is 1.62. The second-order valence-electron chi connectivity index (χ2n) is 4.79. The normalized spacial score (nSPS) is 10.5. The van der Waals surface area contributed by atoms with Crippen LogP contribution >= 0.6 is 0 Å². The van der Waals surface area contributed by atoms with Gasteiger partial charge in [-0.25, -0.2) is 0 Å². The molecule has 0 unspecified atom stereocenters. The van der Waals surface area contributed by atoms with Crippen LogP contribution in [0.15, 0.2) is 65.5 Å². The summed E-state index contributed by atoms with van der Waals surface area (Å²) in [6.45, 7) is 0. The Balaban J connectivity index is 2.10. The molecule has 4 nitrogen and oxygen atoms in total. The van der Waals surface area contributed by atoms with Crippen LogP contribution in [-0.2, 0) is 7.05 Å². The maximum atomic E-state index is 12.4. The summed E-state index contributed by atoms with van der Waals surface area (Å²) in [6, 6.07) is 17.9. The fraction of sp³-hybridized carbons (Fsp3) is 0.0588. The van der Waals surface area contributed by atoms with Gasteiger partial charge in [-0.3, -0.25) is 9.59 Å². The number of nitrogens with zero attached hydrogens (tertiary/aromatic N) is 1. The Morgan fingerprint density at radius 2 is 1.67 bits per heavy atom. The Morgan fingerprint density at radius 1 is 1.00 bits per heavy atom. The average molecular weight is 278 g/mol. The van der Waals surface area contributed by atoms with E-state index in [4.69, 9.17) is 0 Å². The van der Waals surface area contributed by atoms with E-state index in [2.05, 4.69) is 5.32 Å². The number of benzene rings is 2. The second-order valence-corrected chi connectivity index (χ2v) is 4.79. The predicted molar refractivity (Wildman–Crippen MR) is 83.6 cm³/mol. The van der Waals surface area contributed by atoms with Crippen molar-refractivity contribution in [2.45, 2.75) is 0 Å². The van der Waals surface area contributed by atoms with Gasteiger partial charge in [-0.15, -0.1) is 0 Å². The lowest BCUT2D eigenvalue weighted by Crippen LogP contribution is -2.21. The highest BCUT2D eigenvalue weighted by Gasteiger charge is 2.13. The fourth-order valence-corrected chi connectivity index (χ4v) is 2.32. The third-order valence-corrected chi connectivity index (χ3v) is 3.43. The molecule has 0 spiro atoms. The van der Waals surface area contributed by atoms with Gasteiger partial charge in [-0.1, -0.05) is 36.4 Å². The molecule has 0 aliphatic carbocycles. The Morgan fingerprint density at radius 3 is 2.43 bits per heavy atom. The maximum Gasteiger partial charge on any atom is 0.256 e. The number of aryl methyl sites for hydroxylation is 1. The van der Waals surface area contributed by atoms with Crippen molar-refractivity contribution in [3.63, 3.8) is 0 Å². The van der Waals surface area contributed by atoms with E-state index < -0.39 is 0 Å². The van der Waals surface area contributed by atoms with E-state index in [1.165, 1.54) is 10.6 Å². The van der Waals surface area contributed by atoms with E-state index in [0.717, 1.165) is 10.9 Å². The minimum Gasteiger partial charge on any atom is -0.322 e. The summed E-state index contributed by atoms with van der Waals surface area (Å²) >= 11 is 0. The van der Waals surface area contributed by atoms with Gasteiger partial charge in [0.15, 0.2) is 0 Å². The van der Waals surface area contributed by atoms with Gasteiger partial charge < -0.3 is 9.88 Å². The molecule has 4 heteroatoms. The van der Waals surface area contributed by atoms with Crippen molar-refractivity contribution >= 4 is 22.5 Å². The van der Waals surface area contributed by atoms with E-state index in [1.54, 1.807) is 19.2 Å². The monoisotopic (exact) mass is 278 g/mol. The lowest BCUT2D eigenvalue weighted by molar-refractivity contribution is 0.102. The number of hydrogen-bond donors (Lipinski definition) is 1. The van der Waals surface area contributed by atoms with Crippen molar-refractivity contribution in [1.82, 2.24) is 4.57 Å². The van der Waals surface area contributed by atoms with Gasteiger partial charge >= 0.3 is 0 Å². The number of fused-ring (bicyclic) bond motifs is 1. The molecule has 1 amide bonds. The van der Waals surface area contributed by atoms with Gasteiger partial charge in [0.2, 0.25) is 0 Å². The summed E-state index contributed by atoms with van der Waals surface area (Å²) in [5, 5.41) is 3.57. The number of hydrogen-bond acceptors (Lipinski definition) is 2. The topological polar surface area (TPSA) is 51.1 Å². The van der Waals surface area contributed by atoms with Gasteiger partial charge in [0, 0.05) is 24.2 Å². The summed E-state index contributed by atoms with van der Waals surface area (Å²) in [5.74, 6) is -0.282. The zero-order valence-corrected chi connectivity index (χ0v) is 11.5. The molecular weight excluding hydrogens is 264 g/mol. The van der Waals surface area contributed by atoms with Crippen LogP contribution in [0.25, 0.3) is 10.9 Å². The van der Waals surface area contributed by atoms with Gasteiger partial charge in [-0.05, 0) is 18.2 Å². The van der Waals surface area contributed by atoms with E-state index in [1.807, 2.05) is 42.5 Å². The number of pyridine rings is 1. The summed E-state index contributed by atoms with van der Waals surface area (Å²) in [6.07, 6.45) is 0. The van der Waals surface area contributed by atoms with Crippen LogP contribution in [0.5, 0.6) is 0 Å². The number of anilines is 1. The largest absolute Gasteiger partial charge is 0.322 e. The Labute approximate surface area is 121 Å². The first-order chi connectivity index (χ1) is 10.2. The Bertz CT molecular complexity index is 867. The Kier molecular flexibility index (Phi) is 3.28. The molecule has 2 aromatic carbocycles. The summed E-state index contributed by atoms with van der Waals surface area (Å²) in [4.78, 5) is 24.4. The smallest absolute Gasteiger partial charge is 0.256 e. The molecule has 0 saturated carbocycles. The minimum atomic E-state index is -0.282. The number of rotatable bonds is 2. The number of para-hydroxylation sites is 2. The highest BCUT2D eigenvalue weighted by atomic mass is 16.2. The van der Waals surface area contributed by atoms with Crippen molar-refractivity contribution in [2.75, 3.05) is 5.32 Å². The summed E-state index contributed by atoms with van der Waals surface area (Å²) < 4.78 is 1.54. The quantitative estimate of drug-likeness (QED) is 0.783. The third-order valence-electron chi connectivity index (χ3n) is 3.43. The van der Waals surface area contributed by atoms with E-state index in [9.17, 15) is 9.59 Å². The molecule has 0 aliphatic heterocycles. The van der Waals surface area contributed by atoms with Crippen LogP contribution in [0, 0.1) is 0 Å². The number of aromatic nitrogens is 1. The lowest BCUT2D eigenvalue weighted by Gasteiger charge is -2.10. The van der Waals surface area contributed by atoms with Crippen LogP contribution in [0.1, 0.15) is 10.4 Å². The van der Waals surface area contributed by atoms with Crippen molar-refractivity contribution in [2.24, 2.45) is 7.05 Å². The van der Waals surface area contributed by atoms with E-state index in [0.29, 0.717) is 11.3 Å². The molecule has 3 rings (SSSR count). The van der Waals surface area contributed by atoms with E-state index in [-0.39, 0.29) is 11.5 Å². The van der Waals surface area contributed by atoms with Gasteiger partial charge in [0.05, 0.1) is 11.1 Å². The van der Waals surface area contributed by atoms with Crippen molar-refractivity contribution < 1.29 is 4.79 Å². The molecule has 21 heavy (non-hydrogen) atoms. The molecule has 1 aromatic heterocycles. The van der Waals surface area contributed by atoms with Crippen molar-refractivity contribution in [3.05, 3.63) is 76.6 Å². The van der Waals surface area contributed by atoms with Crippen LogP contribution in [0.2, 0.25) is 0 Å². The SMILES string of the molecule is Cn1c(=O)cc(C(=O)Nc2ccccc2)c2ccccc21. The summed E-state index contributed by atoms with van der Waals surface area (Å²) in [7, 11) is 1.70. The molecule has 0 fully saturated rings. The third kappa shape index (κ3) is 2.43. The molecule has 0 bridgehead atoms. The Hall–Kier alpha value is -2.88. The maximum absolute atomic E-state index is 12.4. The molecular formula is C17H14N2O2. The fourth-order valence-electron chi connectivity index (χ4n) is 2.32. The molecule has 104 valence electrons. The van der Waals surface area contributed by atoms with Crippen LogP contribution < -0.4 is 10.9 Å². The molecule has 0 aliphatic rings. The average Bonchev–Trinajstić information content (AvgIpc) is 2.52. The minimum absolute atomic E-state index is 0.202. The number of nitrogens with one attached hydrogen (secondary N) is 1. The van der Waals surface area contributed by atoms with Crippen molar-refractivity contribution in [1.29, 1.82) is 0 Å². The van der Waals surface area contributed by atoms with E-state index >= 15 is 0 Å². The second kappa shape index (κ2) is 5.25. The zero-order chi connectivity index (χ0) is 14.8. The van der Waals surface area contributed by atoms with Crippen molar-refractivity contribution in [3.8, 4) is 0 Å². The molecule has 0 radical (unpaired) electrons. The number of carbonyl (C=O) groups excluding carboxylic acids is 1. The molecule has 3 aromatic rings. The van der Waals surface area contributed by atoms with Crippen LogP contribution in [0.3, 0.4) is 0 Å². The first kappa shape index (κ1) is 13.1. The molecule has 1 heterocycles. The first-order valence-corrected chi connectivity index (χ1v) is 6.62. The number of amides is 1. The van der Waals surface area contributed by atoms with Gasteiger partial charge in [-0.2, -0.15) is 0 Å². The highest BCUT2D eigenvalue weighted by molar-refractivity contribution is 6.12. The van der Waals surface area contributed by atoms with Crippen LogP contribution in [-0.4, -0.2) is 10.5 Å². The molecule has 0 atom stereocenters. The zero-order valence-electron chi connectivity index (χ0n) is 11.5. The first-order valence-electron chi connectivity index (χ1n) is 6.62. The lowest BCUT2D eigenvalue weighted by atomic mass is 10.1. The van der Waals surface area contributed by atoms with Crippen LogP contribution in [0.4, 0.5) is 5.69 Å². The van der Waals surface area contributed by atoms with Gasteiger partial charge in [0.25, 0.3) is 11.5 Å². The standard InChI is InChI=1S/C17H14N2O2/c1-19-15-10-6-5-9-13(15)14(11-16(19)20)17(21)18-12-7-3-2-4-8-12/h2-11H,1H3,(H,18,21). The number of carbonyl (C=O) groups is 1. The molecule has 0 saturated heterocycles. The predicted octanol–water partition coefficient (Wildman–Crippen LogP) is 2.79. The molecule has 1 N–H and O–H groups in total.